The molecule has 1 aliphatic carbocycles. The summed E-state index contributed by atoms with van der Waals surface area (Å²) in [5, 5.41) is 2.92. The van der Waals surface area contributed by atoms with Crippen LogP contribution in [0.15, 0.2) is 12.0 Å². The number of rotatable bonds is 4. The van der Waals surface area contributed by atoms with Crippen LogP contribution in [0.25, 0.3) is 0 Å². The Labute approximate surface area is 118 Å². The molecule has 0 aromatic rings. The minimum absolute atomic E-state index is 0.00934. The zero-order valence-electron chi connectivity index (χ0n) is 11.7. The third-order valence-corrected chi connectivity index (χ3v) is 3.64. The number of esters is 1. The van der Waals surface area contributed by atoms with E-state index in [1.165, 1.54) is 12.7 Å². The van der Waals surface area contributed by atoms with Crippen LogP contribution in [-0.4, -0.2) is 37.7 Å². The molecule has 2 atom stereocenters. The first kappa shape index (κ1) is 14.7. The van der Waals surface area contributed by atoms with Crippen LogP contribution in [0.2, 0.25) is 0 Å². The van der Waals surface area contributed by atoms with Gasteiger partial charge in [-0.2, -0.15) is 0 Å². The van der Waals surface area contributed by atoms with Gasteiger partial charge in [0.1, 0.15) is 19.5 Å². The van der Waals surface area contributed by atoms with Crippen molar-refractivity contribution < 1.29 is 23.8 Å². The summed E-state index contributed by atoms with van der Waals surface area (Å²) in [6, 6.07) is 0.184. The maximum atomic E-state index is 11.8. The first-order valence-corrected chi connectivity index (χ1v) is 7.08. The standard InChI is InChI=1S/C14H21NO5/c1-10-4-2-3-5-11(10)15-13(16)9-20-14(17)12-8-18-6-7-19-12/h8,10-11H,2-7,9H2,1H3,(H,15,16). The zero-order chi connectivity index (χ0) is 14.4. The van der Waals surface area contributed by atoms with E-state index in [0.717, 1.165) is 19.3 Å². The second-order valence-corrected chi connectivity index (χ2v) is 5.21. The summed E-state index contributed by atoms with van der Waals surface area (Å²) in [7, 11) is 0. The first-order valence-electron chi connectivity index (χ1n) is 7.08. The molecule has 2 unspecified atom stereocenters. The van der Waals surface area contributed by atoms with Gasteiger partial charge in [0.2, 0.25) is 5.76 Å². The summed E-state index contributed by atoms with van der Waals surface area (Å²) in [6.07, 6.45) is 5.68. The molecule has 112 valence electrons. The quantitative estimate of drug-likeness (QED) is 0.782. The number of amides is 1. The molecule has 6 heteroatoms. The predicted octanol–water partition coefficient (Wildman–Crippen LogP) is 1.11. The summed E-state index contributed by atoms with van der Waals surface area (Å²) in [5.41, 5.74) is 0. The Morgan fingerprint density at radius 2 is 2.15 bits per heavy atom. The van der Waals surface area contributed by atoms with Crippen molar-refractivity contribution in [3.8, 4) is 0 Å². The van der Waals surface area contributed by atoms with Gasteiger partial charge >= 0.3 is 5.97 Å². The molecule has 1 aliphatic heterocycles. The highest BCUT2D eigenvalue weighted by Crippen LogP contribution is 2.23. The molecule has 1 saturated carbocycles. The predicted molar refractivity (Wildman–Crippen MR) is 70.5 cm³/mol. The van der Waals surface area contributed by atoms with Crippen molar-refractivity contribution in [1.82, 2.24) is 5.32 Å². The fourth-order valence-corrected chi connectivity index (χ4v) is 2.46. The van der Waals surface area contributed by atoms with Crippen molar-refractivity contribution >= 4 is 11.9 Å². The van der Waals surface area contributed by atoms with E-state index in [2.05, 4.69) is 12.2 Å². The molecule has 2 rings (SSSR count). The normalized spacial score (nSPS) is 25.8. The van der Waals surface area contributed by atoms with E-state index in [1.807, 2.05) is 0 Å². The highest BCUT2D eigenvalue weighted by atomic mass is 16.6. The number of hydrogen-bond acceptors (Lipinski definition) is 5. The van der Waals surface area contributed by atoms with Crippen LogP contribution < -0.4 is 5.32 Å². The zero-order valence-corrected chi connectivity index (χ0v) is 11.7. The fourth-order valence-electron chi connectivity index (χ4n) is 2.46. The van der Waals surface area contributed by atoms with Gasteiger partial charge in [-0.15, -0.1) is 0 Å². The number of hydrogen-bond donors (Lipinski definition) is 1. The van der Waals surface area contributed by atoms with E-state index in [0.29, 0.717) is 19.1 Å². The van der Waals surface area contributed by atoms with Crippen LogP contribution in [0.3, 0.4) is 0 Å². The molecule has 6 nitrogen and oxygen atoms in total. The Morgan fingerprint density at radius 3 is 2.85 bits per heavy atom. The van der Waals surface area contributed by atoms with Gasteiger partial charge in [-0.25, -0.2) is 4.79 Å². The lowest BCUT2D eigenvalue weighted by molar-refractivity contribution is -0.149. The number of carbonyl (C=O) groups is 2. The second kappa shape index (κ2) is 7.17. The van der Waals surface area contributed by atoms with Crippen molar-refractivity contribution in [3.63, 3.8) is 0 Å². The van der Waals surface area contributed by atoms with E-state index in [4.69, 9.17) is 14.2 Å². The minimum Gasteiger partial charge on any atom is -0.493 e. The van der Waals surface area contributed by atoms with Gasteiger partial charge in [0.05, 0.1) is 0 Å². The Hall–Kier alpha value is -1.72. The van der Waals surface area contributed by atoms with Gasteiger partial charge in [-0.1, -0.05) is 19.8 Å². The largest absolute Gasteiger partial charge is 0.493 e. The molecule has 0 bridgehead atoms. The maximum Gasteiger partial charge on any atom is 0.377 e. The molecular formula is C14H21NO5. The number of carbonyl (C=O) groups excluding carboxylic acids is 2. The molecule has 20 heavy (non-hydrogen) atoms. The molecule has 0 aromatic carbocycles. The van der Waals surface area contributed by atoms with Crippen molar-refractivity contribution in [1.29, 1.82) is 0 Å². The Kier molecular flexibility index (Phi) is 5.26. The van der Waals surface area contributed by atoms with Crippen LogP contribution in [0.1, 0.15) is 32.6 Å². The number of nitrogens with one attached hydrogen (secondary N) is 1. The highest BCUT2D eigenvalue weighted by Gasteiger charge is 2.24. The third-order valence-electron chi connectivity index (χ3n) is 3.64. The summed E-state index contributed by atoms with van der Waals surface area (Å²) in [6.45, 7) is 2.57. The third kappa shape index (κ3) is 4.15. The topological polar surface area (TPSA) is 73.9 Å². The molecule has 0 saturated heterocycles. The van der Waals surface area contributed by atoms with Gasteiger partial charge in [0.15, 0.2) is 6.61 Å². The van der Waals surface area contributed by atoms with Crippen molar-refractivity contribution in [2.75, 3.05) is 19.8 Å². The molecule has 1 heterocycles. The highest BCUT2D eigenvalue weighted by molar-refractivity contribution is 5.88. The average Bonchev–Trinajstić information content (AvgIpc) is 2.48. The van der Waals surface area contributed by atoms with Gasteiger partial charge in [0, 0.05) is 6.04 Å². The summed E-state index contributed by atoms with van der Waals surface area (Å²) >= 11 is 0. The Bertz CT molecular complexity index is 393. The van der Waals surface area contributed by atoms with Crippen LogP contribution in [0.5, 0.6) is 0 Å². The van der Waals surface area contributed by atoms with Crippen LogP contribution in [0.4, 0.5) is 0 Å². The van der Waals surface area contributed by atoms with E-state index in [1.54, 1.807) is 0 Å². The van der Waals surface area contributed by atoms with Gasteiger partial charge in [0.25, 0.3) is 5.91 Å². The van der Waals surface area contributed by atoms with E-state index >= 15 is 0 Å². The van der Waals surface area contributed by atoms with Crippen LogP contribution in [0, 0.1) is 5.92 Å². The minimum atomic E-state index is -0.670. The monoisotopic (exact) mass is 283 g/mol. The summed E-state index contributed by atoms with van der Waals surface area (Å²) in [5.74, 6) is -0.456. The van der Waals surface area contributed by atoms with Gasteiger partial charge in [-0.05, 0) is 18.8 Å². The first-order chi connectivity index (χ1) is 9.66. The summed E-state index contributed by atoms with van der Waals surface area (Å²) in [4.78, 5) is 23.3. The maximum absolute atomic E-state index is 11.8. The molecule has 0 spiro atoms. The Balaban J connectivity index is 1.71. The lowest BCUT2D eigenvalue weighted by Gasteiger charge is -2.29. The van der Waals surface area contributed by atoms with Gasteiger partial charge < -0.3 is 19.5 Å². The molecule has 1 fully saturated rings. The van der Waals surface area contributed by atoms with Crippen LogP contribution in [-0.2, 0) is 23.8 Å². The van der Waals surface area contributed by atoms with Gasteiger partial charge in [-0.3, -0.25) is 4.79 Å². The second-order valence-electron chi connectivity index (χ2n) is 5.21. The van der Waals surface area contributed by atoms with Crippen molar-refractivity contribution in [2.24, 2.45) is 5.92 Å². The van der Waals surface area contributed by atoms with E-state index in [-0.39, 0.29) is 24.3 Å². The molecule has 1 N–H and O–H groups in total. The molecule has 0 aromatic heterocycles. The smallest absolute Gasteiger partial charge is 0.377 e. The van der Waals surface area contributed by atoms with E-state index < -0.39 is 5.97 Å². The lowest BCUT2D eigenvalue weighted by Crippen LogP contribution is -2.43. The van der Waals surface area contributed by atoms with Crippen molar-refractivity contribution in [2.45, 2.75) is 38.6 Å². The number of ether oxygens (including phenoxy) is 3. The summed E-state index contributed by atoms with van der Waals surface area (Å²) < 4.78 is 14.9. The molecule has 0 radical (unpaired) electrons. The SMILES string of the molecule is CC1CCCCC1NC(=O)COC(=O)C1=COCCO1. The average molecular weight is 283 g/mol. The van der Waals surface area contributed by atoms with Crippen LogP contribution >= 0.6 is 0 Å². The Morgan fingerprint density at radius 1 is 1.35 bits per heavy atom. The van der Waals surface area contributed by atoms with E-state index in [9.17, 15) is 9.59 Å². The van der Waals surface area contributed by atoms with Crippen molar-refractivity contribution in [3.05, 3.63) is 12.0 Å². The lowest BCUT2D eigenvalue weighted by atomic mass is 9.86. The molecule has 1 amide bonds. The fraction of sp³-hybridized carbons (Fsp3) is 0.714. The molecule has 2 aliphatic rings. The molecular weight excluding hydrogens is 262 g/mol.